The third-order valence-electron chi connectivity index (χ3n) is 4.05. The third kappa shape index (κ3) is 3.48. The maximum absolute atomic E-state index is 5.44. The molecule has 2 aliphatic rings. The Labute approximate surface area is 142 Å². The van der Waals surface area contributed by atoms with Crippen molar-refractivity contribution < 1.29 is 23.3 Å². The molecule has 6 nitrogen and oxygen atoms in total. The van der Waals surface area contributed by atoms with Gasteiger partial charge >= 0.3 is 1.43 Å². The minimum Gasteiger partial charge on any atom is -1.00 e. The average molecular weight is 335 g/mol. The Morgan fingerprint density at radius 3 is 2.52 bits per heavy atom. The molecule has 0 amide bonds. The lowest BCUT2D eigenvalue weighted by Gasteiger charge is -2.34. The van der Waals surface area contributed by atoms with E-state index < -0.39 is 0 Å². The van der Waals surface area contributed by atoms with Crippen molar-refractivity contribution in [3.63, 3.8) is 0 Å². The van der Waals surface area contributed by atoms with Crippen LogP contribution >= 0.6 is 0 Å². The molecule has 0 radical (unpaired) electrons. The van der Waals surface area contributed by atoms with Crippen LogP contribution in [0.25, 0.3) is 0 Å². The lowest BCUT2D eigenvalue weighted by atomic mass is 10.1. The van der Waals surface area contributed by atoms with E-state index in [1.807, 2.05) is 12.1 Å². The van der Waals surface area contributed by atoms with Gasteiger partial charge in [-0.2, -0.15) is 0 Å². The van der Waals surface area contributed by atoms with Crippen LogP contribution in [-0.4, -0.2) is 47.8 Å². The first-order chi connectivity index (χ1) is 10.9. The van der Waals surface area contributed by atoms with Crippen LogP contribution in [0.3, 0.4) is 0 Å². The highest BCUT2D eigenvalue weighted by molar-refractivity contribution is 5.44. The summed E-state index contributed by atoms with van der Waals surface area (Å²) in [6.07, 6.45) is 3.59. The molecule has 0 bridgehead atoms. The number of halogens is 1. The molecule has 122 valence electrons. The van der Waals surface area contributed by atoms with E-state index in [0.29, 0.717) is 6.79 Å². The minimum atomic E-state index is 0. The smallest absolute Gasteiger partial charge is 1.00 e. The summed E-state index contributed by atoms with van der Waals surface area (Å²) in [5.74, 6) is 2.52. The minimum absolute atomic E-state index is 0. The van der Waals surface area contributed by atoms with Gasteiger partial charge in [0.05, 0.1) is 0 Å². The van der Waals surface area contributed by atoms with Gasteiger partial charge in [0.2, 0.25) is 12.7 Å². The SMILES string of the molecule is [Cl-].[H+].c1cnc(N2CCN(Cc3ccc4c(c3)OCO4)CC2)nc1. The number of ether oxygens (including phenoxy) is 2. The zero-order valence-electron chi connectivity index (χ0n) is 13.7. The first-order valence-corrected chi connectivity index (χ1v) is 7.51. The van der Waals surface area contributed by atoms with Crippen molar-refractivity contribution in [3.8, 4) is 11.5 Å². The summed E-state index contributed by atoms with van der Waals surface area (Å²) in [5, 5.41) is 0. The predicted octanol–water partition coefficient (Wildman–Crippen LogP) is -1.36. The Balaban J connectivity index is 0.00000104. The van der Waals surface area contributed by atoms with Gasteiger partial charge in [0.25, 0.3) is 0 Å². The second kappa shape index (κ2) is 7.02. The zero-order chi connectivity index (χ0) is 14.8. The molecule has 2 aromatic rings. The Bertz CT molecular complexity index is 654. The van der Waals surface area contributed by atoms with Gasteiger partial charge in [-0.05, 0) is 23.8 Å². The quantitative estimate of drug-likeness (QED) is 0.691. The van der Waals surface area contributed by atoms with Crippen LogP contribution in [0, 0.1) is 0 Å². The number of anilines is 1. The molecule has 2 aliphatic heterocycles. The first-order valence-electron chi connectivity index (χ1n) is 7.51. The van der Waals surface area contributed by atoms with Gasteiger partial charge in [-0.15, -0.1) is 0 Å². The summed E-state index contributed by atoms with van der Waals surface area (Å²) in [6, 6.07) is 8.03. The molecule has 0 saturated carbocycles. The maximum Gasteiger partial charge on any atom is 1.00 e. The summed E-state index contributed by atoms with van der Waals surface area (Å²) in [6.45, 7) is 5.18. The van der Waals surface area contributed by atoms with Crippen molar-refractivity contribution in [1.29, 1.82) is 0 Å². The van der Waals surface area contributed by atoms with Gasteiger partial charge in [0.1, 0.15) is 0 Å². The van der Waals surface area contributed by atoms with Crippen LogP contribution in [0.15, 0.2) is 36.7 Å². The fourth-order valence-corrected chi connectivity index (χ4v) is 2.86. The molecule has 1 fully saturated rings. The van der Waals surface area contributed by atoms with E-state index in [1.54, 1.807) is 12.4 Å². The highest BCUT2D eigenvalue weighted by Gasteiger charge is 2.20. The van der Waals surface area contributed by atoms with Crippen LogP contribution in [0.4, 0.5) is 5.95 Å². The Morgan fingerprint density at radius 1 is 1.00 bits per heavy atom. The van der Waals surface area contributed by atoms with E-state index in [2.05, 4.69) is 31.9 Å². The van der Waals surface area contributed by atoms with E-state index in [9.17, 15) is 0 Å². The predicted molar refractivity (Wildman–Crippen MR) is 83.2 cm³/mol. The lowest BCUT2D eigenvalue weighted by molar-refractivity contribution is -0.00000613. The molecular formula is C16H19ClN4O2. The average Bonchev–Trinajstić information content (AvgIpc) is 3.04. The van der Waals surface area contributed by atoms with E-state index >= 15 is 0 Å². The molecular weight excluding hydrogens is 316 g/mol. The molecule has 0 atom stereocenters. The number of benzene rings is 1. The molecule has 3 heterocycles. The Kier molecular flexibility index (Phi) is 4.83. The van der Waals surface area contributed by atoms with Gasteiger partial charge in [-0.3, -0.25) is 4.90 Å². The summed E-state index contributed by atoms with van der Waals surface area (Å²) in [5.41, 5.74) is 1.26. The van der Waals surface area contributed by atoms with E-state index in [4.69, 9.17) is 9.47 Å². The van der Waals surface area contributed by atoms with Crippen molar-refractivity contribution in [1.82, 2.24) is 14.9 Å². The topological polar surface area (TPSA) is 50.7 Å². The van der Waals surface area contributed by atoms with Crippen molar-refractivity contribution >= 4 is 5.95 Å². The van der Waals surface area contributed by atoms with Gasteiger partial charge < -0.3 is 26.8 Å². The van der Waals surface area contributed by atoms with Crippen LogP contribution in [-0.2, 0) is 6.54 Å². The van der Waals surface area contributed by atoms with Crippen molar-refractivity contribution in [2.24, 2.45) is 0 Å². The number of nitrogens with zero attached hydrogens (tertiary/aromatic N) is 4. The van der Waals surface area contributed by atoms with E-state index in [1.165, 1.54) is 5.56 Å². The summed E-state index contributed by atoms with van der Waals surface area (Å²) >= 11 is 0. The summed E-state index contributed by atoms with van der Waals surface area (Å²) in [7, 11) is 0. The highest BCUT2D eigenvalue weighted by Crippen LogP contribution is 2.32. The van der Waals surface area contributed by atoms with Crippen LogP contribution < -0.4 is 26.8 Å². The number of piperazine rings is 1. The number of rotatable bonds is 3. The molecule has 7 heteroatoms. The molecule has 0 unspecified atom stereocenters. The number of aromatic nitrogens is 2. The Hall–Kier alpha value is -2.05. The molecule has 1 aromatic heterocycles. The first kappa shape index (κ1) is 15.8. The largest absolute Gasteiger partial charge is 1.00 e. The van der Waals surface area contributed by atoms with Crippen molar-refractivity contribution in [3.05, 3.63) is 42.2 Å². The number of hydrogen-bond acceptors (Lipinski definition) is 6. The fourth-order valence-electron chi connectivity index (χ4n) is 2.86. The van der Waals surface area contributed by atoms with Gasteiger partial charge in [0, 0.05) is 45.1 Å². The molecule has 1 aromatic carbocycles. The van der Waals surface area contributed by atoms with Gasteiger partial charge in [-0.25, -0.2) is 9.97 Å². The summed E-state index contributed by atoms with van der Waals surface area (Å²) < 4.78 is 10.8. The van der Waals surface area contributed by atoms with E-state index in [-0.39, 0.29) is 13.8 Å². The summed E-state index contributed by atoms with van der Waals surface area (Å²) in [4.78, 5) is 13.3. The Morgan fingerprint density at radius 2 is 1.74 bits per heavy atom. The molecule has 0 aliphatic carbocycles. The number of hydrogen-bond donors (Lipinski definition) is 0. The van der Waals surface area contributed by atoms with Gasteiger partial charge in [0.15, 0.2) is 11.5 Å². The third-order valence-corrected chi connectivity index (χ3v) is 4.05. The second-order valence-corrected chi connectivity index (χ2v) is 5.50. The normalized spacial score (nSPS) is 17.0. The van der Waals surface area contributed by atoms with Crippen molar-refractivity contribution in [2.75, 3.05) is 37.9 Å². The second-order valence-electron chi connectivity index (χ2n) is 5.50. The standard InChI is InChI=1S/C16H18N4O2.ClH/c1-4-17-16(18-5-1)20-8-6-19(7-9-20)11-13-2-3-14-15(10-13)22-12-21-14;/h1-5,10H,6-9,11-12H2;1H. The zero-order valence-corrected chi connectivity index (χ0v) is 13.4. The van der Waals surface area contributed by atoms with Crippen LogP contribution in [0.1, 0.15) is 6.99 Å². The van der Waals surface area contributed by atoms with Gasteiger partial charge in [-0.1, -0.05) is 6.07 Å². The molecule has 4 rings (SSSR count). The monoisotopic (exact) mass is 334 g/mol. The molecule has 0 N–H and O–H groups in total. The van der Waals surface area contributed by atoms with Crippen molar-refractivity contribution in [2.45, 2.75) is 6.54 Å². The van der Waals surface area contributed by atoms with E-state index in [0.717, 1.165) is 50.2 Å². The molecule has 23 heavy (non-hydrogen) atoms. The maximum atomic E-state index is 5.44. The fraction of sp³-hybridized carbons (Fsp3) is 0.375. The van der Waals surface area contributed by atoms with Crippen LogP contribution in [0.5, 0.6) is 11.5 Å². The molecule has 0 spiro atoms. The number of fused-ring (bicyclic) bond motifs is 1. The lowest BCUT2D eigenvalue weighted by Crippen LogP contribution is -3.00. The van der Waals surface area contributed by atoms with Crippen LogP contribution in [0.2, 0.25) is 0 Å². The molecule has 1 saturated heterocycles. The highest BCUT2D eigenvalue weighted by atomic mass is 35.5.